The number of benzene rings is 1. The van der Waals surface area contributed by atoms with Gasteiger partial charge in [-0.1, -0.05) is 42.5 Å². The number of nitrogens with zero attached hydrogens (tertiary/aromatic N) is 5. The maximum Gasteiger partial charge on any atom is 0.272 e. The minimum Gasteiger partial charge on any atom is -0.341 e. The molecule has 0 radical (unpaired) electrons. The first-order chi connectivity index (χ1) is 13.8. The zero-order valence-corrected chi connectivity index (χ0v) is 16.2. The van der Waals surface area contributed by atoms with Gasteiger partial charge in [-0.2, -0.15) is 0 Å². The predicted octanol–water partition coefficient (Wildman–Crippen LogP) is 2.55. The molecule has 0 aliphatic carbocycles. The van der Waals surface area contributed by atoms with Crippen molar-refractivity contribution in [3.05, 3.63) is 59.9 Å². The highest BCUT2D eigenvalue weighted by molar-refractivity contribution is 5.92. The Labute approximate surface area is 166 Å². The molecule has 1 aromatic heterocycles. The van der Waals surface area contributed by atoms with Gasteiger partial charge in [-0.25, -0.2) is 9.97 Å². The van der Waals surface area contributed by atoms with Crippen molar-refractivity contribution >= 4 is 17.9 Å². The van der Waals surface area contributed by atoms with Crippen LogP contribution in [0.2, 0.25) is 0 Å². The molecule has 0 unspecified atom stereocenters. The lowest BCUT2D eigenvalue weighted by molar-refractivity contribution is 0.0644. The summed E-state index contributed by atoms with van der Waals surface area (Å²) in [6.07, 6.45) is 8.39. The molecule has 2 aromatic rings. The summed E-state index contributed by atoms with van der Waals surface area (Å²) in [4.78, 5) is 28.2. The Morgan fingerprint density at radius 1 is 0.964 bits per heavy atom. The minimum atomic E-state index is 0.0160. The van der Waals surface area contributed by atoms with E-state index in [4.69, 9.17) is 0 Å². The first-order valence-electron chi connectivity index (χ1n) is 10.1. The molecule has 0 bridgehead atoms. The Bertz CT molecular complexity index is 809. The van der Waals surface area contributed by atoms with Crippen LogP contribution in [0, 0.1) is 0 Å². The molecule has 2 aliphatic rings. The Kier molecular flexibility index (Phi) is 5.97. The van der Waals surface area contributed by atoms with E-state index in [0.717, 1.165) is 45.8 Å². The van der Waals surface area contributed by atoms with E-state index in [0.29, 0.717) is 11.6 Å². The number of hydrogen-bond donors (Lipinski definition) is 0. The molecule has 0 atom stereocenters. The molecule has 4 rings (SSSR count). The van der Waals surface area contributed by atoms with Crippen molar-refractivity contribution in [2.45, 2.75) is 12.8 Å². The van der Waals surface area contributed by atoms with Gasteiger partial charge in [0.15, 0.2) is 0 Å². The maximum absolute atomic E-state index is 12.9. The minimum absolute atomic E-state index is 0.0160. The van der Waals surface area contributed by atoms with Crippen LogP contribution in [0.15, 0.2) is 48.7 Å². The van der Waals surface area contributed by atoms with Crippen molar-refractivity contribution < 1.29 is 4.79 Å². The predicted molar refractivity (Wildman–Crippen MR) is 111 cm³/mol. The van der Waals surface area contributed by atoms with Crippen LogP contribution in [0.3, 0.4) is 0 Å². The van der Waals surface area contributed by atoms with Gasteiger partial charge in [0, 0.05) is 52.0 Å². The first kappa shape index (κ1) is 18.6. The highest BCUT2D eigenvalue weighted by atomic mass is 16.2. The van der Waals surface area contributed by atoms with Crippen LogP contribution in [0.25, 0.3) is 6.08 Å². The standard InChI is InChI=1S/C22H27N5O/c28-21(20-10-11-23-22(24-20)27-13-4-5-14-27)26-17-15-25(16-18-26)12-6-9-19-7-2-1-3-8-19/h1-3,6-11H,4-5,12-18H2/b9-6+. The summed E-state index contributed by atoms with van der Waals surface area (Å²) in [7, 11) is 0. The normalized spacial score (nSPS) is 18.1. The highest BCUT2D eigenvalue weighted by Crippen LogP contribution is 2.16. The third-order valence-electron chi connectivity index (χ3n) is 5.38. The molecule has 1 aromatic carbocycles. The van der Waals surface area contributed by atoms with E-state index in [1.165, 1.54) is 18.4 Å². The van der Waals surface area contributed by atoms with Crippen molar-refractivity contribution in [1.29, 1.82) is 0 Å². The number of amides is 1. The molecule has 146 valence electrons. The molecule has 2 aliphatic heterocycles. The van der Waals surface area contributed by atoms with Crippen molar-refractivity contribution in [1.82, 2.24) is 19.8 Å². The number of anilines is 1. The smallest absolute Gasteiger partial charge is 0.272 e. The molecule has 6 heteroatoms. The zero-order valence-electron chi connectivity index (χ0n) is 16.2. The van der Waals surface area contributed by atoms with Gasteiger partial charge in [0.2, 0.25) is 5.95 Å². The average molecular weight is 377 g/mol. The summed E-state index contributed by atoms with van der Waals surface area (Å²) >= 11 is 0. The van der Waals surface area contributed by atoms with E-state index in [1.807, 2.05) is 23.1 Å². The summed E-state index contributed by atoms with van der Waals surface area (Å²) in [6, 6.07) is 12.1. The van der Waals surface area contributed by atoms with Crippen LogP contribution in [-0.4, -0.2) is 71.5 Å². The van der Waals surface area contributed by atoms with Gasteiger partial charge >= 0.3 is 0 Å². The second-order valence-corrected chi connectivity index (χ2v) is 7.34. The molecule has 3 heterocycles. The van der Waals surface area contributed by atoms with Crippen molar-refractivity contribution in [3.8, 4) is 0 Å². The largest absolute Gasteiger partial charge is 0.341 e. The topological polar surface area (TPSA) is 52.6 Å². The lowest BCUT2D eigenvalue weighted by atomic mass is 10.2. The number of hydrogen-bond acceptors (Lipinski definition) is 5. The fraction of sp³-hybridized carbons (Fsp3) is 0.409. The van der Waals surface area contributed by atoms with Gasteiger partial charge in [-0.15, -0.1) is 0 Å². The molecule has 0 N–H and O–H groups in total. The summed E-state index contributed by atoms with van der Waals surface area (Å²) in [5.41, 5.74) is 1.73. The summed E-state index contributed by atoms with van der Waals surface area (Å²) in [5.74, 6) is 0.704. The van der Waals surface area contributed by atoms with E-state index in [1.54, 1.807) is 12.3 Å². The Morgan fingerprint density at radius 2 is 1.71 bits per heavy atom. The van der Waals surface area contributed by atoms with Gasteiger partial charge in [0.05, 0.1) is 0 Å². The number of aromatic nitrogens is 2. The first-order valence-corrected chi connectivity index (χ1v) is 10.1. The third-order valence-corrected chi connectivity index (χ3v) is 5.38. The van der Waals surface area contributed by atoms with Gasteiger partial charge in [0.25, 0.3) is 5.91 Å². The molecule has 2 saturated heterocycles. The zero-order chi connectivity index (χ0) is 19.2. The van der Waals surface area contributed by atoms with Gasteiger partial charge in [-0.05, 0) is 24.5 Å². The van der Waals surface area contributed by atoms with Gasteiger partial charge in [0.1, 0.15) is 5.69 Å². The number of carbonyl (C=O) groups is 1. The lowest BCUT2D eigenvalue weighted by Gasteiger charge is -2.34. The molecule has 0 saturated carbocycles. The van der Waals surface area contributed by atoms with Gasteiger partial charge < -0.3 is 9.80 Å². The fourth-order valence-electron chi connectivity index (χ4n) is 3.73. The van der Waals surface area contributed by atoms with Crippen LogP contribution < -0.4 is 4.90 Å². The number of carbonyl (C=O) groups excluding carboxylic acids is 1. The number of piperazine rings is 1. The van der Waals surface area contributed by atoms with E-state index >= 15 is 0 Å². The van der Waals surface area contributed by atoms with Crippen molar-refractivity contribution in [2.75, 3.05) is 50.7 Å². The molecule has 0 spiro atoms. The molecule has 28 heavy (non-hydrogen) atoms. The third kappa shape index (κ3) is 4.57. The number of rotatable bonds is 5. The van der Waals surface area contributed by atoms with Crippen molar-refractivity contribution in [3.63, 3.8) is 0 Å². The van der Waals surface area contributed by atoms with E-state index < -0.39 is 0 Å². The van der Waals surface area contributed by atoms with Crippen LogP contribution in [0.5, 0.6) is 0 Å². The van der Waals surface area contributed by atoms with Gasteiger partial charge in [-0.3, -0.25) is 9.69 Å². The Hall–Kier alpha value is -2.73. The molecular weight excluding hydrogens is 350 g/mol. The average Bonchev–Trinajstić information content (AvgIpc) is 3.30. The second-order valence-electron chi connectivity index (χ2n) is 7.34. The summed E-state index contributed by atoms with van der Waals surface area (Å²) < 4.78 is 0. The SMILES string of the molecule is O=C(c1ccnc(N2CCCC2)n1)N1CCN(C/C=C/c2ccccc2)CC1. The van der Waals surface area contributed by atoms with Crippen LogP contribution in [0.4, 0.5) is 5.95 Å². The lowest BCUT2D eigenvalue weighted by Crippen LogP contribution is -2.48. The second kappa shape index (κ2) is 8.97. The summed E-state index contributed by atoms with van der Waals surface area (Å²) in [6.45, 7) is 6.11. The van der Waals surface area contributed by atoms with Crippen molar-refractivity contribution in [2.24, 2.45) is 0 Å². The quantitative estimate of drug-likeness (QED) is 0.802. The van der Waals surface area contributed by atoms with Crippen LogP contribution >= 0.6 is 0 Å². The monoisotopic (exact) mass is 377 g/mol. The van der Waals surface area contributed by atoms with Crippen LogP contribution in [0.1, 0.15) is 28.9 Å². The molecule has 6 nitrogen and oxygen atoms in total. The van der Waals surface area contributed by atoms with E-state index in [-0.39, 0.29) is 5.91 Å². The Morgan fingerprint density at radius 3 is 2.46 bits per heavy atom. The fourth-order valence-corrected chi connectivity index (χ4v) is 3.73. The van der Waals surface area contributed by atoms with Crippen LogP contribution in [-0.2, 0) is 0 Å². The maximum atomic E-state index is 12.9. The van der Waals surface area contributed by atoms with E-state index in [2.05, 4.69) is 44.1 Å². The summed E-state index contributed by atoms with van der Waals surface area (Å²) in [5, 5.41) is 0. The van der Waals surface area contributed by atoms with E-state index in [9.17, 15) is 4.79 Å². The molecule has 1 amide bonds. The molecular formula is C22H27N5O. The molecule has 2 fully saturated rings. The highest BCUT2D eigenvalue weighted by Gasteiger charge is 2.24. The Balaban J connectivity index is 1.29.